The van der Waals surface area contributed by atoms with Crippen molar-refractivity contribution in [1.29, 1.82) is 0 Å². The highest BCUT2D eigenvalue weighted by Crippen LogP contribution is 2.47. The Hall–Kier alpha value is -0.820. The van der Waals surface area contributed by atoms with Gasteiger partial charge >= 0.3 is 6.03 Å². The Labute approximate surface area is 125 Å². The van der Waals surface area contributed by atoms with E-state index in [2.05, 4.69) is 0 Å². The van der Waals surface area contributed by atoms with Crippen molar-refractivity contribution in [3.8, 4) is 0 Å². The first-order valence-corrected chi connectivity index (χ1v) is 9.64. The van der Waals surface area contributed by atoms with Gasteiger partial charge in [-0.2, -0.15) is 0 Å². The van der Waals surface area contributed by atoms with E-state index in [9.17, 15) is 13.2 Å². The molecule has 0 aliphatic carbocycles. The molecule has 5 atom stereocenters. The highest BCUT2D eigenvalue weighted by atomic mass is 32.2. The molecule has 4 aliphatic heterocycles. The van der Waals surface area contributed by atoms with Crippen LogP contribution in [0.1, 0.15) is 19.3 Å². The van der Waals surface area contributed by atoms with Crippen molar-refractivity contribution >= 4 is 15.9 Å². The summed E-state index contributed by atoms with van der Waals surface area (Å²) in [6.45, 7) is 1.54. The van der Waals surface area contributed by atoms with Crippen LogP contribution in [-0.2, 0) is 14.6 Å². The smallest absolute Gasteiger partial charge is 0.320 e. The maximum Gasteiger partial charge on any atom is 0.320 e. The van der Waals surface area contributed by atoms with Crippen LogP contribution in [0.25, 0.3) is 0 Å². The van der Waals surface area contributed by atoms with Crippen molar-refractivity contribution in [2.75, 3.05) is 31.6 Å². The van der Waals surface area contributed by atoms with Gasteiger partial charge in [-0.05, 0) is 19.3 Å². The summed E-state index contributed by atoms with van der Waals surface area (Å²) in [5.41, 5.74) is 0. The zero-order valence-corrected chi connectivity index (χ0v) is 13.1. The molecule has 0 aromatic heterocycles. The lowest BCUT2D eigenvalue weighted by Crippen LogP contribution is -2.46. The zero-order chi connectivity index (χ0) is 14.8. The largest absolute Gasteiger partial charge is 0.374 e. The van der Waals surface area contributed by atoms with Crippen LogP contribution in [0.15, 0.2) is 0 Å². The Morgan fingerprint density at radius 3 is 2.29 bits per heavy atom. The number of ether oxygens (including phenoxy) is 1. The van der Waals surface area contributed by atoms with Gasteiger partial charge in [0, 0.05) is 38.0 Å². The van der Waals surface area contributed by atoms with Crippen molar-refractivity contribution in [2.45, 2.75) is 37.5 Å². The van der Waals surface area contributed by atoms with Gasteiger partial charge in [-0.3, -0.25) is 0 Å². The molecule has 4 fully saturated rings. The molecular weight excluding hydrogens is 292 g/mol. The van der Waals surface area contributed by atoms with Gasteiger partial charge in [0.05, 0.1) is 23.7 Å². The van der Waals surface area contributed by atoms with Crippen LogP contribution in [-0.4, -0.2) is 74.1 Å². The lowest BCUT2D eigenvalue weighted by Gasteiger charge is -2.29. The molecule has 5 unspecified atom stereocenters. The zero-order valence-electron chi connectivity index (χ0n) is 12.3. The first kappa shape index (κ1) is 13.8. The van der Waals surface area contributed by atoms with Gasteiger partial charge in [0.2, 0.25) is 0 Å². The van der Waals surface area contributed by atoms with Crippen LogP contribution >= 0.6 is 0 Å². The quantitative estimate of drug-likeness (QED) is 0.700. The maximum absolute atomic E-state index is 12.6. The molecule has 6 nitrogen and oxygen atoms in total. The highest BCUT2D eigenvalue weighted by Gasteiger charge is 2.54. The lowest BCUT2D eigenvalue weighted by molar-refractivity contribution is 0.0707. The van der Waals surface area contributed by atoms with Crippen molar-refractivity contribution in [3.05, 3.63) is 0 Å². The van der Waals surface area contributed by atoms with E-state index in [1.165, 1.54) is 0 Å². The van der Waals surface area contributed by atoms with Crippen molar-refractivity contribution in [1.82, 2.24) is 9.80 Å². The third kappa shape index (κ3) is 2.16. The fourth-order valence-electron chi connectivity index (χ4n) is 4.58. The predicted octanol–water partition coefficient (Wildman–Crippen LogP) is 0.335. The number of fused-ring (bicyclic) bond motifs is 5. The summed E-state index contributed by atoms with van der Waals surface area (Å²) < 4.78 is 29.1. The number of hydrogen-bond donors (Lipinski definition) is 0. The van der Waals surface area contributed by atoms with Gasteiger partial charge in [-0.15, -0.1) is 0 Å². The van der Waals surface area contributed by atoms with Gasteiger partial charge in [0.15, 0.2) is 9.84 Å². The Morgan fingerprint density at radius 2 is 1.76 bits per heavy atom. The average Bonchev–Trinajstić information content (AvgIpc) is 3.16. The van der Waals surface area contributed by atoms with Gasteiger partial charge in [0.25, 0.3) is 0 Å². The normalized spacial score (nSPS) is 43.3. The van der Waals surface area contributed by atoms with Gasteiger partial charge in [-0.25, -0.2) is 13.2 Å². The number of hydrogen-bond acceptors (Lipinski definition) is 4. The third-order valence-corrected chi connectivity index (χ3v) is 7.53. The summed E-state index contributed by atoms with van der Waals surface area (Å²) in [4.78, 5) is 16.2. The van der Waals surface area contributed by atoms with Gasteiger partial charge in [-0.1, -0.05) is 0 Å². The molecule has 4 aliphatic rings. The second-order valence-corrected chi connectivity index (χ2v) is 9.20. The number of carbonyl (C=O) groups excluding carboxylic acids is 1. The number of likely N-dealkylation sites (tertiary alicyclic amines) is 1. The molecule has 4 rings (SSSR count). The molecule has 0 saturated carbocycles. The second kappa shape index (κ2) is 4.59. The molecule has 0 aromatic carbocycles. The first-order chi connectivity index (χ1) is 9.94. The standard InChI is InChI=1S/C14H22N2O4S/c1-15(9-4-5-21(18,19)8-9)14(17)16-6-10-11(7-16)13-3-2-12(10)20-13/h9-13H,2-8H2,1H3. The number of urea groups is 1. The van der Waals surface area contributed by atoms with E-state index in [-0.39, 0.29) is 23.6 Å². The molecule has 0 N–H and O–H groups in total. The van der Waals surface area contributed by atoms with Crippen molar-refractivity contribution < 1.29 is 17.9 Å². The highest BCUT2D eigenvalue weighted by molar-refractivity contribution is 7.91. The lowest BCUT2D eigenvalue weighted by atomic mass is 9.82. The molecule has 4 saturated heterocycles. The third-order valence-electron chi connectivity index (χ3n) is 5.78. The molecule has 0 spiro atoms. The predicted molar refractivity (Wildman–Crippen MR) is 76.7 cm³/mol. The minimum absolute atomic E-state index is 0.00843. The van der Waals surface area contributed by atoms with Crippen molar-refractivity contribution in [3.63, 3.8) is 0 Å². The molecule has 118 valence electrons. The summed E-state index contributed by atoms with van der Waals surface area (Å²) in [6, 6.07) is -0.165. The second-order valence-electron chi connectivity index (χ2n) is 6.97. The van der Waals surface area contributed by atoms with Crippen LogP contribution in [0.4, 0.5) is 4.79 Å². The molecule has 4 heterocycles. The van der Waals surface area contributed by atoms with Crippen LogP contribution in [0.3, 0.4) is 0 Å². The molecule has 2 amide bonds. The van der Waals surface area contributed by atoms with Crippen LogP contribution in [0.5, 0.6) is 0 Å². The molecule has 0 aromatic rings. The van der Waals surface area contributed by atoms with E-state index in [1.54, 1.807) is 11.9 Å². The summed E-state index contributed by atoms with van der Waals surface area (Å²) in [5.74, 6) is 1.31. The van der Waals surface area contributed by atoms with Crippen molar-refractivity contribution in [2.24, 2.45) is 11.8 Å². The Bertz CT molecular complexity index is 545. The summed E-state index contributed by atoms with van der Waals surface area (Å²) >= 11 is 0. The van der Waals surface area contributed by atoms with Crippen LogP contribution in [0, 0.1) is 11.8 Å². The minimum atomic E-state index is -2.95. The van der Waals surface area contributed by atoms with Crippen LogP contribution < -0.4 is 0 Å². The summed E-state index contributed by atoms with van der Waals surface area (Å²) in [7, 11) is -1.21. The van der Waals surface area contributed by atoms with E-state index in [0.29, 0.717) is 30.5 Å². The topological polar surface area (TPSA) is 66.9 Å². The number of nitrogens with zero attached hydrogens (tertiary/aromatic N) is 2. The molecule has 0 radical (unpaired) electrons. The number of amides is 2. The molecule has 7 heteroatoms. The SMILES string of the molecule is CN(C(=O)N1CC2C3CCC(O3)C2C1)C1CCS(=O)(=O)C1. The molecular formula is C14H22N2O4S. The molecule has 2 bridgehead atoms. The average molecular weight is 314 g/mol. The van der Waals surface area contributed by atoms with Gasteiger partial charge < -0.3 is 14.5 Å². The van der Waals surface area contributed by atoms with Gasteiger partial charge in [0.1, 0.15) is 0 Å². The summed E-state index contributed by atoms with van der Waals surface area (Å²) in [6.07, 6.45) is 3.51. The van der Waals surface area contributed by atoms with E-state index in [1.807, 2.05) is 4.90 Å². The minimum Gasteiger partial charge on any atom is -0.374 e. The number of sulfone groups is 1. The maximum atomic E-state index is 12.6. The van der Waals surface area contributed by atoms with E-state index >= 15 is 0 Å². The summed E-state index contributed by atoms with van der Waals surface area (Å²) in [5, 5.41) is 0. The van der Waals surface area contributed by atoms with Crippen LogP contribution in [0.2, 0.25) is 0 Å². The van der Waals surface area contributed by atoms with E-state index < -0.39 is 9.84 Å². The Morgan fingerprint density at radius 1 is 1.14 bits per heavy atom. The molecule has 21 heavy (non-hydrogen) atoms. The number of rotatable bonds is 1. The fourth-order valence-corrected chi connectivity index (χ4v) is 6.35. The fraction of sp³-hybridized carbons (Fsp3) is 0.929. The van der Waals surface area contributed by atoms with E-state index in [0.717, 1.165) is 25.9 Å². The Kier molecular flexibility index (Phi) is 3.02. The number of carbonyl (C=O) groups is 1. The first-order valence-electron chi connectivity index (χ1n) is 7.82. The van der Waals surface area contributed by atoms with E-state index in [4.69, 9.17) is 4.74 Å². The monoisotopic (exact) mass is 314 g/mol. The Balaban J connectivity index is 1.42.